The van der Waals surface area contributed by atoms with E-state index in [-0.39, 0.29) is 24.4 Å². The van der Waals surface area contributed by atoms with E-state index in [0.29, 0.717) is 19.5 Å². The van der Waals surface area contributed by atoms with Crippen molar-refractivity contribution in [2.45, 2.75) is 33.2 Å². The van der Waals surface area contributed by atoms with Gasteiger partial charge in [0.05, 0.1) is 6.54 Å². The topological polar surface area (TPSA) is 70.2 Å². The lowest BCUT2D eigenvalue weighted by Gasteiger charge is -2.08. The van der Waals surface area contributed by atoms with Gasteiger partial charge in [0.2, 0.25) is 11.8 Å². The van der Waals surface area contributed by atoms with Crippen LogP contribution in [0, 0.1) is 0 Å². The number of hydrogen-bond donors (Lipinski definition) is 3. The van der Waals surface area contributed by atoms with Crippen LogP contribution in [0.4, 0.5) is 0 Å². The number of rotatable bonds is 7. The fraction of sp³-hybridized carbons (Fsp3) is 0.800. The predicted octanol–water partition coefficient (Wildman–Crippen LogP) is -0.373. The maximum absolute atomic E-state index is 11.2. The van der Waals surface area contributed by atoms with E-state index >= 15 is 0 Å². The van der Waals surface area contributed by atoms with E-state index in [9.17, 15) is 9.59 Å². The van der Waals surface area contributed by atoms with Crippen molar-refractivity contribution in [3.8, 4) is 0 Å². The average molecular weight is 215 g/mol. The molecule has 5 nitrogen and oxygen atoms in total. The molecule has 0 aromatic rings. The zero-order valence-electron chi connectivity index (χ0n) is 9.72. The Labute approximate surface area is 91.0 Å². The van der Waals surface area contributed by atoms with Crippen LogP contribution >= 0.6 is 0 Å². The Morgan fingerprint density at radius 1 is 1.20 bits per heavy atom. The molecule has 0 rings (SSSR count). The summed E-state index contributed by atoms with van der Waals surface area (Å²) in [7, 11) is 0. The smallest absolute Gasteiger partial charge is 0.233 e. The summed E-state index contributed by atoms with van der Waals surface area (Å²) in [6.45, 7) is 7.13. The predicted molar refractivity (Wildman–Crippen MR) is 59.4 cm³/mol. The van der Waals surface area contributed by atoms with Crippen molar-refractivity contribution in [3.05, 3.63) is 0 Å². The molecular weight excluding hydrogens is 194 g/mol. The molecule has 2 amide bonds. The normalized spacial score (nSPS) is 10.1. The number of carbonyl (C=O) groups is 2. The SMILES string of the molecule is CCNC(=O)CNCCC(=O)NC(C)C. The van der Waals surface area contributed by atoms with E-state index in [2.05, 4.69) is 16.0 Å². The summed E-state index contributed by atoms with van der Waals surface area (Å²) in [5.74, 6) is -0.0323. The molecule has 0 fully saturated rings. The van der Waals surface area contributed by atoms with E-state index in [0.717, 1.165) is 0 Å². The fourth-order valence-electron chi connectivity index (χ4n) is 1.06. The molecule has 0 aliphatic carbocycles. The summed E-state index contributed by atoms with van der Waals surface area (Å²) in [5.41, 5.74) is 0. The summed E-state index contributed by atoms with van der Waals surface area (Å²) < 4.78 is 0. The van der Waals surface area contributed by atoms with E-state index in [4.69, 9.17) is 0 Å². The number of likely N-dealkylation sites (N-methyl/N-ethyl adjacent to an activating group) is 1. The molecular formula is C10H21N3O2. The molecule has 0 bridgehead atoms. The average Bonchev–Trinajstić information content (AvgIpc) is 2.12. The number of nitrogens with one attached hydrogen (secondary N) is 3. The van der Waals surface area contributed by atoms with E-state index < -0.39 is 0 Å². The van der Waals surface area contributed by atoms with Gasteiger partial charge in [-0.3, -0.25) is 9.59 Å². The molecule has 0 aliphatic heterocycles. The molecule has 0 heterocycles. The van der Waals surface area contributed by atoms with Gasteiger partial charge in [0.1, 0.15) is 0 Å². The van der Waals surface area contributed by atoms with E-state index in [1.807, 2.05) is 20.8 Å². The van der Waals surface area contributed by atoms with Gasteiger partial charge in [0.15, 0.2) is 0 Å². The molecule has 0 aromatic heterocycles. The minimum absolute atomic E-state index is 0.00778. The fourth-order valence-corrected chi connectivity index (χ4v) is 1.06. The minimum atomic E-state index is -0.0400. The van der Waals surface area contributed by atoms with Crippen LogP contribution in [0.1, 0.15) is 27.2 Å². The van der Waals surface area contributed by atoms with Crippen molar-refractivity contribution in [2.24, 2.45) is 0 Å². The summed E-state index contributed by atoms with van der Waals surface area (Å²) in [6, 6.07) is 0.167. The number of hydrogen-bond acceptors (Lipinski definition) is 3. The molecule has 5 heteroatoms. The van der Waals surface area contributed by atoms with Crippen molar-refractivity contribution in [1.29, 1.82) is 0 Å². The van der Waals surface area contributed by atoms with Crippen LogP contribution in [-0.4, -0.2) is 37.5 Å². The first-order valence-corrected chi connectivity index (χ1v) is 5.33. The molecule has 0 saturated carbocycles. The standard InChI is InChI=1S/C10H21N3O2/c1-4-12-10(15)7-11-6-5-9(14)13-8(2)3/h8,11H,4-7H2,1-3H3,(H,12,15)(H,13,14). The Morgan fingerprint density at radius 3 is 2.40 bits per heavy atom. The Bertz CT molecular complexity index is 205. The second-order valence-electron chi connectivity index (χ2n) is 3.60. The second kappa shape index (κ2) is 8.23. The van der Waals surface area contributed by atoms with E-state index in [1.54, 1.807) is 0 Å². The Hall–Kier alpha value is -1.10. The third-order valence-corrected chi connectivity index (χ3v) is 1.64. The largest absolute Gasteiger partial charge is 0.355 e. The molecule has 0 atom stereocenters. The molecule has 88 valence electrons. The molecule has 0 saturated heterocycles. The Balaban J connectivity index is 3.38. The molecule has 15 heavy (non-hydrogen) atoms. The maximum Gasteiger partial charge on any atom is 0.233 e. The summed E-state index contributed by atoms with van der Waals surface area (Å²) in [4.78, 5) is 22.2. The Morgan fingerprint density at radius 2 is 1.87 bits per heavy atom. The van der Waals surface area contributed by atoms with Crippen LogP contribution in [0.5, 0.6) is 0 Å². The minimum Gasteiger partial charge on any atom is -0.355 e. The first kappa shape index (κ1) is 13.9. The molecule has 0 radical (unpaired) electrons. The van der Waals surface area contributed by atoms with Crippen LogP contribution in [0.25, 0.3) is 0 Å². The van der Waals surface area contributed by atoms with Crippen molar-refractivity contribution in [2.75, 3.05) is 19.6 Å². The molecule has 3 N–H and O–H groups in total. The summed E-state index contributed by atoms with van der Waals surface area (Å²) in [5, 5.41) is 8.34. The lowest BCUT2D eigenvalue weighted by Crippen LogP contribution is -2.36. The zero-order valence-corrected chi connectivity index (χ0v) is 9.72. The van der Waals surface area contributed by atoms with Crippen LogP contribution in [0.15, 0.2) is 0 Å². The van der Waals surface area contributed by atoms with Crippen LogP contribution in [0.3, 0.4) is 0 Å². The van der Waals surface area contributed by atoms with Gasteiger partial charge >= 0.3 is 0 Å². The van der Waals surface area contributed by atoms with Crippen molar-refractivity contribution in [3.63, 3.8) is 0 Å². The van der Waals surface area contributed by atoms with Gasteiger partial charge in [-0.1, -0.05) is 0 Å². The first-order valence-electron chi connectivity index (χ1n) is 5.33. The van der Waals surface area contributed by atoms with Crippen molar-refractivity contribution >= 4 is 11.8 Å². The van der Waals surface area contributed by atoms with Gasteiger partial charge in [0, 0.05) is 25.6 Å². The maximum atomic E-state index is 11.2. The molecule has 0 unspecified atom stereocenters. The molecule has 0 aromatic carbocycles. The van der Waals surface area contributed by atoms with Crippen LogP contribution in [-0.2, 0) is 9.59 Å². The summed E-state index contributed by atoms with van der Waals surface area (Å²) in [6.07, 6.45) is 0.400. The second-order valence-corrected chi connectivity index (χ2v) is 3.60. The molecule has 0 spiro atoms. The van der Waals surface area contributed by atoms with Gasteiger partial charge in [-0.2, -0.15) is 0 Å². The summed E-state index contributed by atoms with van der Waals surface area (Å²) >= 11 is 0. The number of amides is 2. The van der Waals surface area contributed by atoms with Gasteiger partial charge < -0.3 is 16.0 Å². The number of carbonyl (C=O) groups excluding carboxylic acids is 2. The third kappa shape index (κ3) is 9.21. The highest BCUT2D eigenvalue weighted by Gasteiger charge is 2.03. The first-order chi connectivity index (χ1) is 7.06. The van der Waals surface area contributed by atoms with Crippen LogP contribution < -0.4 is 16.0 Å². The van der Waals surface area contributed by atoms with Gasteiger partial charge in [-0.05, 0) is 20.8 Å². The van der Waals surface area contributed by atoms with Crippen molar-refractivity contribution in [1.82, 2.24) is 16.0 Å². The lowest BCUT2D eigenvalue weighted by molar-refractivity contribution is -0.122. The van der Waals surface area contributed by atoms with Crippen molar-refractivity contribution < 1.29 is 9.59 Å². The lowest BCUT2D eigenvalue weighted by atomic mass is 10.3. The third-order valence-electron chi connectivity index (χ3n) is 1.64. The highest BCUT2D eigenvalue weighted by molar-refractivity contribution is 5.78. The monoisotopic (exact) mass is 215 g/mol. The van der Waals surface area contributed by atoms with E-state index in [1.165, 1.54) is 0 Å². The highest BCUT2D eigenvalue weighted by Crippen LogP contribution is 1.81. The molecule has 0 aliphatic rings. The highest BCUT2D eigenvalue weighted by atomic mass is 16.2. The quantitative estimate of drug-likeness (QED) is 0.507. The van der Waals surface area contributed by atoms with Gasteiger partial charge in [0.25, 0.3) is 0 Å². The van der Waals surface area contributed by atoms with Gasteiger partial charge in [-0.25, -0.2) is 0 Å². The zero-order chi connectivity index (χ0) is 11.7. The van der Waals surface area contributed by atoms with Gasteiger partial charge in [-0.15, -0.1) is 0 Å². The Kier molecular flexibility index (Phi) is 7.62. The van der Waals surface area contributed by atoms with Crippen LogP contribution in [0.2, 0.25) is 0 Å².